The number of carbonyl (C=O) groups is 2. The van der Waals surface area contributed by atoms with Crippen molar-refractivity contribution < 1.29 is 9.59 Å². The van der Waals surface area contributed by atoms with Crippen molar-refractivity contribution in [2.45, 2.75) is 32.7 Å². The van der Waals surface area contributed by atoms with Gasteiger partial charge in [0.2, 0.25) is 5.91 Å². The molecule has 104 valence electrons. The number of piperidine rings is 1. The summed E-state index contributed by atoms with van der Waals surface area (Å²) in [6.07, 6.45) is 1.84. The Hall–Kier alpha value is -1.30. The first-order valence-electron chi connectivity index (χ1n) is 6.56. The van der Waals surface area contributed by atoms with E-state index in [4.69, 9.17) is 5.73 Å². The van der Waals surface area contributed by atoms with Gasteiger partial charge in [-0.05, 0) is 12.8 Å². The number of hydrogen-bond acceptors (Lipinski definition) is 3. The highest BCUT2D eigenvalue weighted by Gasteiger charge is 2.20. The fraction of sp³-hybridized carbons (Fsp3) is 0.833. The van der Waals surface area contributed by atoms with Crippen LogP contribution in [0, 0.1) is 5.92 Å². The van der Waals surface area contributed by atoms with E-state index in [1.807, 2.05) is 13.8 Å². The van der Waals surface area contributed by atoms with Crippen LogP contribution in [0.4, 0.5) is 4.79 Å². The van der Waals surface area contributed by atoms with E-state index in [1.54, 1.807) is 4.90 Å². The van der Waals surface area contributed by atoms with Gasteiger partial charge in [0.15, 0.2) is 0 Å². The van der Waals surface area contributed by atoms with Gasteiger partial charge in [0.05, 0.1) is 0 Å². The summed E-state index contributed by atoms with van der Waals surface area (Å²) in [5.41, 5.74) is 5.21. The van der Waals surface area contributed by atoms with Gasteiger partial charge in [0, 0.05) is 38.1 Å². The van der Waals surface area contributed by atoms with Crippen LogP contribution in [-0.2, 0) is 4.79 Å². The van der Waals surface area contributed by atoms with Crippen molar-refractivity contribution >= 4 is 11.9 Å². The molecule has 6 nitrogen and oxygen atoms in total. The summed E-state index contributed by atoms with van der Waals surface area (Å²) in [5, 5.41) is 6.24. The monoisotopic (exact) mass is 256 g/mol. The Morgan fingerprint density at radius 2 is 1.89 bits per heavy atom. The minimum atomic E-state index is -0.336. The maximum atomic E-state index is 11.3. The molecule has 1 saturated heterocycles. The Morgan fingerprint density at radius 3 is 2.39 bits per heavy atom. The van der Waals surface area contributed by atoms with Gasteiger partial charge in [-0.2, -0.15) is 0 Å². The lowest BCUT2D eigenvalue weighted by molar-refractivity contribution is -0.123. The zero-order valence-corrected chi connectivity index (χ0v) is 11.2. The smallest absolute Gasteiger partial charge is 0.314 e. The molecule has 1 aliphatic rings. The van der Waals surface area contributed by atoms with Crippen molar-refractivity contribution in [1.29, 1.82) is 0 Å². The van der Waals surface area contributed by atoms with Crippen LogP contribution in [0.2, 0.25) is 0 Å². The second-order valence-corrected chi connectivity index (χ2v) is 5.00. The Balaban J connectivity index is 2.08. The second kappa shape index (κ2) is 7.20. The molecule has 0 radical (unpaired) electrons. The van der Waals surface area contributed by atoms with Crippen LogP contribution in [-0.4, -0.2) is 49.1 Å². The maximum absolute atomic E-state index is 11.3. The first-order chi connectivity index (χ1) is 8.50. The summed E-state index contributed by atoms with van der Waals surface area (Å²) in [6.45, 7) is 6.59. The molecule has 0 aliphatic carbocycles. The number of nitrogens with two attached hydrogens (primary N) is 1. The molecule has 0 atom stereocenters. The normalized spacial score (nSPS) is 16.9. The van der Waals surface area contributed by atoms with Crippen molar-refractivity contribution in [2.75, 3.05) is 26.2 Å². The van der Waals surface area contributed by atoms with Crippen molar-refractivity contribution in [3.05, 3.63) is 0 Å². The van der Waals surface area contributed by atoms with Gasteiger partial charge in [-0.15, -0.1) is 0 Å². The van der Waals surface area contributed by atoms with Crippen LogP contribution in [0.3, 0.4) is 0 Å². The molecule has 4 N–H and O–H groups in total. The maximum Gasteiger partial charge on any atom is 0.314 e. The van der Waals surface area contributed by atoms with E-state index < -0.39 is 0 Å². The number of likely N-dealkylation sites (tertiary alicyclic amines) is 1. The molecule has 3 amide bonds. The van der Waals surface area contributed by atoms with Crippen molar-refractivity contribution in [1.82, 2.24) is 15.5 Å². The van der Waals surface area contributed by atoms with Crippen molar-refractivity contribution in [3.63, 3.8) is 0 Å². The van der Waals surface area contributed by atoms with E-state index in [2.05, 4.69) is 10.6 Å². The minimum absolute atomic E-state index is 0.0313. The molecule has 1 heterocycles. The third-order valence-corrected chi connectivity index (χ3v) is 3.19. The zero-order valence-electron chi connectivity index (χ0n) is 11.2. The third-order valence-electron chi connectivity index (χ3n) is 3.19. The van der Waals surface area contributed by atoms with Gasteiger partial charge >= 0.3 is 6.03 Å². The van der Waals surface area contributed by atoms with Gasteiger partial charge in [-0.25, -0.2) is 4.79 Å². The number of nitrogens with zero attached hydrogens (tertiary/aromatic N) is 1. The molecular formula is C12H24N4O2. The quantitative estimate of drug-likeness (QED) is 0.600. The van der Waals surface area contributed by atoms with E-state index in [1.165, 1.54) is 0 Å². The topological polar surface area (TPSA) is 87.5 Å². The van der Waals surface area contributed by atoms with E-state index in [0.717, 1.165) is 19.4 Å². The van der Waals surface area contributed by atoms with E-state index in [9.17, 15) is 9.59 Å². The van der Waals surface area contributed by atoms with Crippen LogP contribution < -0.4 is 16.4 Å². The SMILES string of the molecule is CC(C)C(=O)NCCNC1CCN(C(N)=O)CC1. The predicted molar refractivity (Wildman–Crippen MR) is 70.0 cm³/mol. The number of nitrogens with one attached hydrogen (secondary N) is 2. The Kier molecular flexibility index (Phi) is 5.91. The molecule has 1 rings (SSSR count). The Bertz CT molecular complexity index is 286. The van der Waals surface area contributed by atoms with Crippen LogP contribution in [0.15, 0.2) is 0 Å². The van der Waals surface area contributed by atoms with Crippen molar-refractivity contribution in [3.8, 4) is 0 Å². The molecule has 1 aliphatic heterocycles. The summed E-state index contributed by atoms with van der Waals surface area (Å²) < 4.78 is 0. The van der Waals surface area contributed by atoms with Gasteiger partial charge in [0.25, 0.3) is 0 Å². The summed E-state index contributed by atoms with van der Waals surface area (Å²) in [4.78, 5) is 23.9. The lowest BCUT2D eigenvalue weighted by Gasteiger charge is -2.31. The average molecular weight is 256 g/mol. The number of rotatable bonds is 5. The molecule has 0 aromatic carbocycles. The van der Waals surface area contributed by atoms with Crippen LogP contribution >= 0.6 is 0 Å². The highest BCUT2D eigenvalue weighted by Crippen LogP contribution is 2.09. The van der Waals surface area contributed by atoms with E-state index in [0.29, 0.717) is 25.7 Å². The number of primary amides is 1. The van der Waals surface area contributed by atoms with Crippen LogP contribution in [0.5, 0.6) is 0 Å². The van der Waals surface area contributed by atoms with Gasteiger partial charge in [-0.3, -0.25) is 4.79 Å². The van der Waals surface area contributed by atoms with Crippen LogP contribution in [0.1, 0.15) is 26.7 Å². The van der Waals surface area contributed by atoms with Crippen LogP contribution in [0.25, 0.3) is 0 Å². The molecular weight excluding hydrogens is 232 g/mol. The summed E-state index contributed by atoms with van der Waals surface area (Å²) in [5.74, 6) is 0.115. The predicted octanol–water partition coefficient (Wildman–Crippen LogP) is -0.109. The molecule has 0 unspecified atom stereocenters. The molecule has 6 heteroatoms. The first kappa shape index (κ1) is 14.8. The standard InChI is InChI=1S/C12H24N4O2/c1-9(2)11(17)15-6-5-14-10-3-7-16(8-4-10)12(13)18/h9-10,14H,3-8H2,1-2H3,(H2,13,18)(H,15,17). The molecule has 18 heavy (non-hydrogen) atoms. The van der Waals surface area contributed by atoms with Crippen molar-refractivity contribution in [2.24, 2.45) is 11.7 Å². The summed E-state index contributed by atoms with van der Waals surface area (Å²) >= 11 is 0. The van der Waals surface area contributed by atoms with Gasteiger partial charge in [0.1, 0.15) is 0 Å². The molecule has 1 fully saturated rings. The van der Waals surface area contributed by atoms with E-state index in [-0.39, 0.29) is 17.9 Å². The summed E-state index contributed by atoms with van der Waals surface area (Å²) in [7, 11) is 0. The summed E-state index contributed by atoms with van der Waals surface area (Å²) in [6, 6.07) is 0.0780. The largest absolute Gasteiger partial charge is 0.355 e. The minimum Gasteiger partial charge on any atom is -0.355 e. The third kappa shape index (κ3) is 4.91. The lowest BCUT2D eigenvalue weighted by atomic mass is 10.1. The highest BCUT2D eigenvalue weighted by atomic mass is 16.2. The number of amides is 3. The highest BCUT2D eigenvalue weighted by molar-refractivity contribution is 5.77. The first-order valence-corrected chi connectivity index (χ1v) is 6.56. The molecule has 0 aromatic rings. The van der Waals surface area contributed by atoms with E-state index >= 15 is 0 Å². The second-order valence-electron chi connectivity index (χ2n) is 5.00. The molecule has 0 bridgehead atoms. The Labute approximate surface area is 108 Å². The average Bonchev–Trinajstić information content (AvgIpc) is 2.34. The van der Waals surface area contributed by atoms with Gasteiger partial charge < -0.3 is 21.3 Å². The molecule has 0 aromatic heterocycles. The lowest BCUT2D eigenvalue weighted by Crippen LogP contribution is -2.48. The fourth-order valence-electron chi connectivity index (χ4n) is 1.97. The fourth-order valence-corrected chi connectivity index (χ4v) is 1.97. The Morgan fingerprint density at radius 1 is 1.28 bits per heavy atom. The number of hydrogen-bond donors (Lipinski definition) is 3. The number of urea groups is 1. The van der Waals surface area contributed by atoms with Gasteiger partial charge in [-0.1, -0.05) is 13.8 Å². The number of carbonyl (C=O) groups excluding carboxylic acids is 2. The molecule has 0 spiro atoms. The molecule has 0 saturated carbocycles. The zero-order chi connectivity index (χ0) is 13.5.